The summed E-state index contributed by atoms with van der Waals surface area (Å²) in [6, 6.07) is 1.87. The Bertz CT molecular complexity index is 419. The highest BCUT2D eigenvalue weighted by Crippen LogP contribution is 2.22. The highest BCUT2D eigenvalue weighted by Gasteiger charge is 2.15. The van der Waals surface area contributed by atoms with E-state index in [1.807, 2.05) is 19.9 Å². The second kappa shape index (κ2) is 6.07. The second-order valence-electron chi connectivity index (χ2n) is 6.04. The van der Waals surface area contributed by atoms with E-state index < -0.39 is 0 Å². The smallest absolute Gasteiger partial charge is 0.164 e. The van der Waals surface area contributed by atoms with Crippen LogP contribution >= 0.6 is 0 Å². The van der Waals surface area contributed by atoms with Crippen LogP contribution in [-0.2, 0) is 6.42 Å². The molecule has 0 saturated heterocycles. The number of rotatable bonds is 5. The number of aryl methyl sites for hydroxylation is 2. The molecule has 0 saturated carbocycles. The number of aromatic nitrogens is 2. The van der Waals surface area contributed by atoms with Gasteiger partial charge in [-0.2, -0.15) is 10.2 Å². The number of nitrogens with zero attached hydrogens (tertiary/aromatic N) is 2. The van der Waals surface area contributed by atoms with Crippen molar-refractivity contribution in [3.63, 3.8) is 0 Å². The number of Topliss-reactive ketones (excluding diaryl/α,β-unsaturated/α-hetero) is 1. The molecule has 0 N–H and O–H groups in total. The van der Waals surface area contributed by atoms with E-state index in [0.717, 1.165) is 36.2 Å². The average molecular weight is 248 g/mol. The van der Waals surface area contributed by atoms with Gasteiger partial charge in [0.05, 0.1) is 11.4 Å². The zero-order valence-electron chi connectivity index (χ0n) is 12.2. The van der Waals surface area contributed by atoms with Gasteiger partial charge in [0, 0.05) is 12.0 Å². The van der Waals surface area contributed by atoms with Gasteiger partial charge in [-0.15, -0.1) is 0 Å². The maximum absolute atomic E-state index is 12.2. The predicted octanol–water partition coefficient (Wildman–Crippen LogP) is 3.75. The van der Waals surface area contributed by atoms with Crippen molar-refractivity contribution in [3.05, 3.63) is 23.0 Å². The van der Waals surface area contributed by atoms with Crippen molar-refractivity contribution < 1.29 is 4.79 Å². The first-order chi connectivity index (χ1) is 8.33. The Morgan fingerprint density at radius 3 is 2.50 bits per heavy atom. The fraction of sp³-hybridized carbons (Fsp3) is 0.667. The fourth-order valence-electron chi connectivity index (χ4n) is 1.93. The standard InChI is InChI=1S/C15H24N2O/c1-6-13-12(10-11(2)16-17-13)14(18)8-7-9-15(3,4)5/h10H,6-9H2,1-5H3. The molecule has 0 atom stereocenters. The summed E-state index contributed by atoms with van der Waals surface area (Å²) in [6.45, 7) is 10.5. The highest BCUT2D eigenvalue weighted by atomic mass is 16.1. The molecule has 100 valence electrons. The molecule has 1 heterocycles. The van der Waals surface area contributed by atoms with Gasteiger partial charge in [0.15, 0.2) is 5.78 Å². The molecule has 0 aromatic carbocycles. The lowest BCUT2D eigenvalue weighted by atomic mass is 9.89. The Kier molecular flexibility index (Phi) is 5.00. The molecular weight excluding hydrogens is 224 g/mol. The van der Waals surface area contributed by atoms with E-state index in [-0.39, 0.29) is 5.78 Å². The predicted molar refractivity (Wildman–Crippen MR) is 73.8 cm³/mol. The van der Waals surface area contributed by atoms with Crippen LogP contribution in [0.25, 0.3) is 0 Å². The van der Waals surface area contributed by atoms with Crippen molar-refractivity contribution in [2.24, 2.45) is 5.41 Å². The van der Waals surface area contributed by atoms with Crippen molar-refractivity contribution in [3.8, 4) is 0 Å². The molecule has 0 aliphatic rings. The van der Waals surface area contributed by atoms with E-state index in [4.69, 9.17) is 0 Å². The topological polar surface area (TPSA) is 42.9 Å². The molecule has 0 bridgehead atoms. The number of hydrogen-bond acceptors (Lipinski definition) is 3. The Hall–Kier alpha value is -1.25. The summed E-state index contributed by atoms with van der Waals surface area (Å²) in [6.07, 6.45) is 3.37. The van der Waals surface area contributed by atoms with Crippen molar-refractivity contribution >= 4 is 5.78 Å². The molecule has 0 radical (unpaired) electrons. The Labute approximate surface area is 110 Å². The summed E-state index contributed by atoms with van der Waals surface area (Å²) in [5.41, 5.74) is 2.69. The van der Waals surface area contributed by atoms with Gasteiger partial charge < -0.3 is 0 Å². The molecule has 3 nitrogen and oxygen atoms in total. The minimum Gasteiger partial charge on any atom is -0.294 e. The lowest BCUT2D eigenvalue weighted by Gasteiger charge is -2.17. The average Bonchev–Trinajstić information content (AvgIpc) is 2.27. The normalized spacial score (nSPS) is 11.6. The van der Waals surface area contributed by atoms with Crippen molar-refractivity contribution in [2.75, 3.05) is 0 Å². The van der Waals surface area contributed by atoms with Crippen LogP contribution < -0.4 is 0 Å². The van der Waals surface area contributed by atoms with Gasteiger partial charge in [-0.3, -0.25) is 4.79 Å². The van der Waals surface area contributed by atoms with Gasteiger partial charge in [0.1, 0.15) is 0 Å². The van der Waals surface area contributed by atoms with Gasteiger partial charge in [-0.1, -0.05) is 27.7 Å². The fourth-order valence-corrected chi connectivity index (χ4v) is 1.93. The minimum atomic E-state index is 0.203. The van der Waals surface area contributed by atoms with E-state index in [2.05, 4.69) is 31.0 Å². The zero-order chi connectivity index (χ0) is 13.8. The number of hydrogen-bond donors (Lipinski definition) is 0. The number of carbonyl (C=O) groups is 1. The third-order valence-corrected chi connectivity index (χ3v) is 2.96. The van der Waals surface area contributed by atoms with Crippen LogP contribution in [0.5, 0.6) is 0 Å². The van der Waals surface area contributed by atoms with E-state index in [1.54, 1.807) is 0 Å². The van der Waals surface area contributed by atoms with E-state index in [9.17, 15) is 4.79 Å². The number of ketones is 1. The summed E-state index contributed by atoms with van der Waals surface area (Å²) in [5.74, 6) is 0.203. The molecule has 1 rings (SSSR count). The molecular formula is C15H24N2O. The Balaban J connectivity index is 2.69. The van der Waals surface area contributed by atoms with Crippen LogP contribution in [0.3, 0.4) is 0 Å². The number of carbonyl (C=O) groups excluding carboxylic acids is 1. The molecule has 0 amide bonds. The first kappa shape index (κ1) is 14.8. The molecule has 18 heavy (non-hydrogen) atoms. The Morgan fingerprint density at radius 1 is 1.28 bits per heavy atom. The van der Waals surface area contributed by atoms with Crippen LogP contribution in [0.4, 0.5) is 0 Å². The summed E-state index contributed by atoms with van der Waals surface area (Å²) in [7, 11) is 0. The molecule has 0 unspecified atom stereocenters. The quantitative estimate of drug-likeness (QED) is 0.745. The zero-order valence-corrected chi connectivity index (χ0v) is 12.2. The third kappa shape index (κ3) is 4.55. The Morgan fingerprint density at radius 2 is 1.94 bits per heavy atom. The summed E-state index contributed by atoms with van der Waals surface area (Å²) in [4.78, 5) is 12.2. The minimum absolute atomic E-state index is 0.203. The summed E-state index contributed by atoms with van der Waals surface area (Å²) in [5, 5.41) is 8.11. The van der Waals surface area contributed by atoms with Crippen LogP contribution in [0.1, 0.15) is 68.7 Å². The van der Waals surface area contributed by atoms with Gasteiger partial charge >= 0.3 is 0 Å². The maximum atomic E-state index is 12.2. The van der Waals surface area contributed by atoms with Crippen molar-refractivity contribution in [1.82, 2.24) is 10.2 Å². The second-order valence-corrected chi connectivity index (χ2v) is 6.04. The lowest BCUT2D eigenvalue weighted by molar-refractivity contribution is 0.0974. The molecule has 0 aliphatic carbocycles. The molecule has 3 heteroatoms. The molecule has 0 spiro atoms. The van der Waals surface area contributed by atoms with Gasteiger partial charge in [0.25, 0.3) is 0 Å². The summed E-state index contributed by atoms with van der Waals surface area (Å²) < 4.78 is 0. The van der Waals surface area contributed by atoms with E-state index in [0.29, 0.717) is 11.8 Å². The van der Waals surface area contributed by atoms with Crippen LogP contribution in [0, 0.1) is 12.3 Å². The first-order valence-corrected chi connectivity index (χ1v) is 6.70. The maximum Gasteiger partial charge on any atom is 0.164 e. The van der Waals surface area contributed by atoms with Crippen LogP contribution in [-0.4, -0.2) is 16.0 Å². The molecule has 0 fully saturated rings. The van der Waals surface area contributed by atoms with E-state index in [1.165, 1.54) is 0 Å². The molecule has 0 aliphatic heterocycles. The largest absolute Gasteiger partial charge is 0.294 e. The monoisotopic (exact) mass is 248 g/mol. The lowest BCUT2D eigenvalue weighted by Crippen LogP contribution is -2.10. The molecule has 1 aromatic heterocycles. The molecule has 1 aromatic rings. The van der Waals surface area contributed by atoms with Gasteiger partial charge in [0.2, 0.25) is 0 Å². The van der Waals surface area contributed by atoms with Crippen LogP contribution in [0.15, 0.2) is 6.07 Å². The summed E-state index contributed by atoms with van der Waals surface area (Å²) >= 11 is 0. The van der Waals surface area contributed by atoms with Crippen molar-refractivity contribution in [1.29, 1.82) is 0 Å². The highest BCUT2D eigenvalue weighted by molar-refractivity contribution is 5.97. The van der Waals surface area contributed by atoms with Gasteiger partial charge in [-0.25, -0.2) is 0 Å². The van der Waals surface area contributed by atoms with Crippen molar-refractivity contribution in [2.45, 2.75) is 60.3 Å². The third-order valence-electron chi connectivity index (χ3n) is 2.96. The van der Waals surface area contributed by atoms with Gasteiger partial charge in [-0.05, 0) is 37.7 Å². The SMILES string of the molecule is CCc1nnc(C)cc1C(=O)CCCC(C)(C)C. The van der Waals surface area contributed by atoms with E-state index >= 15 is 0 Å². The first-order valence-electron chi connectivity index (χ1n) is 6.70. The van der Waals surface area contributed by atoms with Crippen LogP contribution in [0.2, 0.25) is 0 Å².